The van der Waals surface area contributed by atoms with Gasteiger partial charge in [0.25, 0.3) is 0 Å². The zero-order valence-electron chi connectivity index (χ0n) is 8.90. The standard InChI is InChI=1S/C10H17N3O2/c1-13(5-4-11)8-10(14)12-7-9-3-2-6-15-9/h2-3,6H,4-5,7-8,11H2,1H3,(H,12,14). The lowest BCUT2D eigenvalue weighted by molar-refractivity contribution is -0.122. The first-order chi connectivity index (χ1) is 7.22. The zero-order valence-corrected chi connectivity index (χ0v) is 8.90. The van der Waals surface area contributed by atoms with Gasteiger partial charge in [0, 0.05) is 13.1 Å². The number of rotatable bonds is 6. The number of furan rings is 1. The molecular weight excluding hydrogens is 194 g/mol. The predicted octanol–water partition coefficient (Wildman–Crippen LogP) is -0.214. The van der Waals surface area contributed by atoms with E-state index in [1.807, 2.05) is 18.0 Å². The number of likely N-dealkylation sites (N-methyl/N-ethyl adjacent to an activating group) is 1. The van der Waals surface area contributed by atoms with Crippen LogP contribution >= 0.6 is 0 Å². The molecule has 84 valence electrons. The lowest BCUT2D eigenvalue weighted by atomic mass is 10.4. The van der Waals surface area contributed by atoms with Crippen LogP contribution in [0.5, 0.6) is 0 Å². The Bertz CT molecular complexity index is 285. The van der Waals surface area contributed by atoms with E-state index in [1.54, 1.807) is 12.3 Å². The van der Waals surface area contributed by atoms with Crippen molar-refractivity contribution in [2.45, 2.75) is 6.54 Å². The molecule has 1 heterocycles. The van der Waals surface area contributed by atoms with E-state index in [2.05, 4.69) is 5.32 Å². The highest BCUT2D eigenvalue weighted by molar-refractivity contribution is 5.77. The number of hydrogen-bond acceptors (Lipinski definition) is 4. The van der Waals surface area contributed by atoms with Crippen molar-refractivity contribution in [3.8, 4) is 0 Å². The van der Waals surface area contributed by atoms with Crippen molar-refractivity contribution >= 4 is 5.91 Å². The molecule has 5 heteroatoms. The SMILES string of the molecule is CN(CCN)CC(=O)NCc1ccco1. The van der Waals surface area contributed by atoms with Crippen molar-refractivity contribution in [2.24, 2.45) is 5.73 Å². The molecule has 0 aliphatic heterocycles. The molecule has 0 aliphatic rings. The van der Waals surface area contributed by atoms with Crippen LogP contribution in [0.1, 0.15) is 5.76 Å². The van der Waals surface area contributed by atoms with Crippen LogP contribution in [0, 0.1) is 0 Å². The maximum atomic E-state index is 11.4. The number of amides is 1. The largest absolute Gasteiger partial charge is 0.467 e. The van der Waals surface area contributed by atoms with Gasteiger partial charge in [0.1, 0.15) is 5.76 Å². The second-order valence-electron chi connectivity index (χ2n) is 3.38. The highest BCUT2D eigenvalue weighted by atomic mass is 16.3. The van der Waals surface area contributed by atoms with Gasteiger partial charge in [-0.15, -0.1) is 0 Å². The zero-order chi connectivity index (χ0) is 11.1. The third kappa shape index (κ3) is 4.62. The van der Waals surface area contributed by atoms with Gasteiger partial charge in [-0.25, -0.2) is 0 Å². The minimum Gasteiger partial charge on any atom is -0.467 e. The Hall–Kier alpha value is -1.33. The summed E-state index contributed by atoms with van der Waals surface area (Å²) in [7, 11) is 1.86. The van der Waals surface area contributed by atoms with Crippen LogP contribution < -0.4 is 11.1 Å². The summed E-state index contributed by atoms with van der Waals surface area (Å²) in [5.41, 5.74) is 5.37. The molecule has 1 aromatic rings. The second kappa shape index (κ2) is 6.21. The number of carbonyl (C=O) groups is 1. The summed E-state index contributed by atoms with van der Waals surface area (Å²) >= 11 is 0. The van der Waals surface area contributed by atoms with Crippen LogP contribution in [0.3, 0.4) is 0 Å². The van der Waals surface area contributed by atoms with Gasteiger partial charge in [0.15, 0.2) is 0 Å². The van der Waals surface area contributed by atoms with Gasteiger partial charge >= 0.3 is 0 Å². The summed E-state index contributed by atoms with van der Waals surface area (Å²) in [5, 5.41) is 2.76. The normalized spacial score (nSPS) is 10.6. The summed E-state index contributed by atoms with van der Waals surface area (Å²) in [6, 6.07) is 3.62. The number of hydrogen-bond donors (Lipinski definition) is 2. The Morgan fingerprint density at radius 2 is 2.47 bits per heavy atom. The topological polar surface area (TPSA) is 71.5 Å². The molecule has 5 nitrogen and oxygen atoms in total. The lowest BCUT2D eigenvalue weighted by Gasteiger charge is -2.14. The van der Waals surface area contributed by atoms with Crippen LogP contribution in [0.4, 0.5) is 0 Å². The summed E-state index contributed by atoms with van der Waals surface area (Å²) < 4.78 is 5.09. The maximum Gasteiger partial charge on any atom is 0.234 e. The second-order valence-corrected chi connectivity index (χ2v) is 3.38. The van der Waals surface area contributed by atoms with Crippen molar-refractivity contribution in [1.29, 1.82) is 0 Å². The molecule has 0 saturated carbocycles. The first-order valence-corrected chi connectivity index (χ1v) is 4.90. The van der Waals surface area contributed by atoms with Crippen molar-refractivity contribution in [3.63, 3.8) is 0 Å². The highest BCUT2D eigenvalue weighted by Crippen LogP contribution is 1.98. The molecular formula is C10H17N3O2. The summed E-state index contributed by atoms with van der Waals surface area (Å²) in [5.74, 6) is 0.729. The molecule has 3 N–H and O–H groups in total. The van der Waals surface area contributed by atoms with Crippen LogP contribution in [0.25, 0.3) is 0 Å². The third-order valence-corrected chi connectivity index (χ3v) is 1.96. The average molecular weight is 211 g/mol. The average Bonchev–Trinajstić information content (AvgIpc) is 2.67. The maximum absolute atomic E-state index is 11.4. The van der Waals surface area contributed by atoms with Crippen LogP contribution in [-0.4, -0.2) is 37.5 Å². The minimum absolute atomic E-state index is 0.0256. The fraction of sp³-hybridized carbons (Fsp3) is 0.500. The molecule has 1 aromatic heterocycles. The monoisotopic (exact) mass is 211 g/mol. The number of nitrogens with zero attached hydrogens (tertiary/aromatic N) is 1. The predicted molar refractivity (Wildman–Crippen MR) is 57.1 cm³/mol. The molecule has 0 bridgehead atoms. The van der Waals surface area contributed by atoms with Crippen molar-refractivity contribution in [1.82, 2.24) is 10.2 Å². The van der Waals surface area contributed by atoms with Gasteiger partial charge in [-0.05, 0) is 19.2 Å². The Labute approximate surface area is 89.2 Å². The van der Waals surface area contributed by atoms with E-state index in [9.17, 15) is 4.79 Å². The highest BCUT2D eigenvalue weighted by Gasteiger charge is 2.05. The molecule has 1 amide bonds. The first kappa shape index (κ1) is 11.7. The van der Waals surface area contributed by atoms with Gasteiger partial charge < -0.3 is 15.5 Å². The van der Waals surface area contributed by atoms with Gasteiger partial charge in [-0.3, -0.25) is 9.69 Å². The first-order valence-electron chi connectivity index (χ1n) is 4.90. The molecule has 0 aromatic carbocycles. The summed E-state index contributed by atoms with van der Waals surface area (Å²) in [4.78, 5) is 13.3. The number of nitrogens with two attached hydrogens (primary N) is 1. The van der Waals surface area contributed by atoms with Gasteiger partial charge in [0.05, 0.1) is 19.4 Å². The van der Waals surface area contributed by atoms with Crippen molar-refractivity contribution in [2.75, 3.05) is 26.7 Å². The number of carbonyl (C=O) groups excluding carboxylic acids is 1. The van der Waals surface area contributed by atoms with Crippen LogP contribution in [-0.2, 0) is 11.3 Å². The van der Waals surface area contributed by atoms with E-state index in [1.165, 1.54) is 0 Å². The Balaban J connectivity index is 2.19. The summed E-state index contributed by atoms with van der Waals surface area (Å²) in [6.45, 7) is 2.07. The molecule has 0 saturated heterocycles. The third-order valence-electron chi connectivity index (χ3n) is 1.96. The molecule has 0 aliphatic carbocycles. The van der Waals surface area contributed by atoms with E-state index < -0.39 is 0 Å². The molecule has 0 radical (unpaired) electrons. The van der Waals surface area contributed by atoms with Crippen LogP contribution in [0.2, 0.25) is 0 Å². The minimum atomic E-state index is -0.0256. The molecule has 15 heavy (non-hydrogen) atoms. The van der Waals surface area contributed by atoms with Gasteiger partial charge in [-0.2, -0.15) is 0 Å². The van der Waals surface area contributed by atoms with Crippen molar-refractivity contribution in [3.05, 3.63) is 24.2 Å². The van der Waals surface area contributed by atoms with Gasteiger partial charge in [-0.1, -0.05) is 0 Å². The van der Waals surface area contributed by atoms with Crippen molar-refractivity contribution < 1.29 is 9.21 Å². The van der Waals surface area contributed by atoms with E-state index in [-0.39, 0.29) is 5.91 Å². The van der Waals surface area contributed by atoms with E-state index >= 15 is 0 Å². The Morgan fingerprint density at radius 1 is 1.67 bits per heavy atom. The molecule has 0 fully saturated rings. The molecule has 1 rings (SSSR count). The van der Waals surface area contributed by atoms with E-state index in [0.29, 0.717) is 26.2 Å². The fourth-order valence-corrected chi connectivity index (χ4v) is 1.20. The van der Waals surface area contributed by atoms with Crippen LogP contribution in [0.15, 0.2) is 22.8 Å². The van der Waals surface area contributed by atoms with E-state index in [0.717, 1.165) is 5.76 Å². The Morgan fingerprint density at radius 3 is 3.07 bits per heavy atom. The lowest BCUT2D eigenvalue weighted by Crippen LogP contribution is -2.36. The smallest absolute Gasteiger partial charge is 0.234 e. The number of nitrogens with one attached hydrogen (secondary N) is 1. The summed E-state index contributed by atoms with van der Waals surface area (Å²) in [6.07, 6.45) is 1.59. The van der Waals surface area contributed by atoms with Gasteiger partial charge in [0.2, 0.25) is 5.91 Å². The fourth-order valence-electron chi connectivity index (χ4n) is 1.20. The Kier molecular flexibility index (Phi) is 4.86. The molecule has 0 unspecified atom stereocenters. The molecule has 0 spiro atoms. The van der Waals surface area contributed by atoms with E-state index in [4.69, 9.17) is 10.2 Å². The molecule has 0 atom stereocenters. The quantitative estimate of drug-likeness (QED) is 0.682.